The van der Waals surface area contributed by atoms with E-state index in [1.165, 1.54) is 116 Å². The molecule has 1 unspecified atom stereocenters. The second kappa shape index (κ2) is 64.1. The lowest BCUT2D eigenvalue weighted by Gasteiger charge is -2.18. The maximum absolute atomic E-state index is 12.9. The third-order valence-corrected chi connectivity index (χ3v) is 13.1. The van der Waals surface area contributed by atoms with Crippen LogP contribution in [0.5, 0.6) is 0 Å². The minimum atomic E-state index is -0.822. The summed E-state index contributed by atoms with van der Waals surface area (Å²) < 4.78 is 16.8. The van der Waals surface area contributed by atoms with Crippen molar-refractivity contribution >= 4 is 17.9 Å². The summed E-state index contributed by atoms with van der Waals surface area (Å²) in [7, 11) is 0. The highest BCUT2D eigenvalue weighted by Gasteiger charge is 2.19. The second-order valence-electron chi connectivity index (χ2n) is 20.5. The topological polar surface area (TPSA) is 78.9 Å². The van der Waals surface area contributed by atoms with Gasteiger partial charge in [0.1, 0.15) is 13.2 Å². The number of allylic oxidation sites excluding steroid dienone is 22. The zero-order chi connectivity index (χ0) is 55.7. The van der Waals surface area contributed by atoms with Crippen LogP contribution in [0.25, 0.3) is 0 Å². The lowest BCUT2D eigenvalue weighted by Crippen LogP contribution is -2.30. The highest BCUT2D eigenvalue weighted by molar-refractivity contribution is 5.71. The molecule has 0 aliphatic heterocycles. The van der Waals surface area contributed by atoms with Crippen LogP contribution in [0, 0.1) is 0 Å². The Labute approximate surface area is 475 Å². The molecule has 0 aromatic rings. The third-order valence-electron chi connectivity index (χ3n) is 13.1. The Morgan fingerprint density at radius 1 is 0.273 bits per heavy atom. The van der Waals surface area contributed by atoms with E-state index in [-0.39, 0.29) is 37.5 Å². The molecule has 77 heavy (non-hydrogen) atoms. The number of carbonyl (C=O) groups is 3. The summed E-state index contributed by atoms with van der Waals surface area (Å²) >= 11 is 0. The zero-order valence-electron chi connectivity index (χ0n) is 49.9. The van der Waals surface area contributed by atoms with Crippen LogP contribution >= 0.6 is 0 Å². The van der Waals surface area contributed by atoms with Crippen LogP contribution in [-0.2, 0) is 28.6 Å². The Bertz CT molecular complexity index is 1650. The van der Waals surface area contributed by atoms with Crippen LogP contribution in [0.3, 0.4) is 0 Å². The fraction of sp³-hybridized carbons (Fsp3) is 0.648. The molecule has 6 nitrogen and oxygen atoms in total. The Kier molecular flexibility index (Phi) is 60.4. The number of hydrogen-bond acceptors (Lipinski definition) is 6. The molecule has 0 aromatic heterocycles. The monoisotopic (exact) mass is 1060 g/mol. The van der Waals surface area contributed by atoms with Crippen LogP contribution in [0.2, 0.25) is 0 Å². The van der Waals surface area contributed by atoms with E-state index in [0.29, 0.717) is 25.7 Å². The number of esters is 3. The first-order valence-electron chi connectivity index (χ1n) is 31.7. The molecule has 0 radical (unpaired) electrons. The van der Waals surface area contributed by atoms with Gasteiger partial charge in [0.2, 0.25) is 0 Å². The Balaban J connectivity index is 4.33. The van der Waals surface area contributed by atoms with E-state index >= 15 is 0 Å². The first kappa shape index (κ1) is 72.5. The average Bonchev–Trinajstić information content (AvgIpc) is 3.43. The molecule has 0 rings (SSSR count). The highest BCUT2D eigenvalue weighted by Crippen LogP contribution is 2.15. The van der Waals surface area contributed by atoms with Crippen molar-refractivity contribution in [3.8, 4) is 0 Å². The summed E-state index contributed by atoms with van der Waals surface area (Å²) in [4.78, 5) is 38.2. The standard InChI is InChI=1S/C71H116O6/c1-4-7-10-13-16-19-22-25-28-29-30-31-32-33-34-35-36-37-38-39-40-41-44-46-49-52-55-58-61-64-70(73)76-67-68(77-71(74)65-62-59-56-53-50-47-43-27-24-21-18-15-12-9-6-3)66-75-69(72)63-60-57-54-51-48-45-42-26-23-20-17-14-11-8-5-2/h8-9,11-12,17-18,20-22,25-27,29-30,32-33,42-43,48,50-51,53,68H,4-7,10,13-16,19,23-24,28,31,34-41,44-47,49,52,54-67H2,1-3H3/b11-8-,12-9-,20-17-,21-18-,25-22-,30-29-,33-32-,42-26-,43-27-,51-48-,53-50-. The van der Waals surface area contributed by atoms with Gasteiger partial charge in [-0.3, -0.25) is 14.4 Å². The predicted octanol–water partition coefficient (Wildman–Crippen LogP) is 21.8. The smallest absolute Gasteiger partial charge is 0.306 e. The van der Waals surface area contributed by atoms with E-state index in [1.54, 1.807) is 0 Å². The number of rotatable bonds is 56. The second-order valence-corrected chi connectivity index (χ2v) is 20.5. The normalized spacial score (nSPS) is 13.0. The van der Waals surface area contributed by atoms with Gasteiger partial charge >= 0.3 is 17.9 Å². The lowest BCUT2D eigenvalue weighted by atomic mass is 10.0. The van der Waals surface area contributed by atoms with Crippen molar-refractivity contribution in [2.24, 2.45) is 0 Å². The number of ether oxygens (including phenoxy) is 3. The molecule has 0 N–H and O–H groups in total. The van der Waals surface area contributed by atoms with Crippen molar-refractivity contribution in [2.75, 3.05) is 13.2 Å². The fourth-order valence-electron chi connectivity index (χ4n) is 8.43. The average molecular weight is 1070 g/mol. The van der Waals surface area contributed by atoms with Crippen LogP contribution in [0.1, 0.15) is 278 Å². The first-order chi connectivity index (χ1) is 38.0. The molecule has 0 aliphatic rings. The molecule has 0 spiro atoms. The summed E-state index contributed by atoms with van der Waals surface area (Å²) in [6.07, 6.45) is 90.5. The van der Waals surface area contributed by atoms with Crippen molar-refractivity contribution < 1.29 is 28.6 Å². The van der Waals surface area contributed by atoms with Crippen LogP contribution in [0.4, 0.5) is 0 Å². The van der Waals surface area contributed by atoms with Gasteiger partial charge in [-0.25, -0.2) is 0 Å². The van der Waals surface area contributed by atoms with Gasteiger partial charge in [0.15, 0.2) is 6.10 Å². The maximum atomic E-state index is 12.9. The summed E-state index contributed by atoms with van der Waals surface area (Å²) in [5.74, 6) is -0.998. The molecule has 0 saturated carbocycles. The molecule has 1 atom stereocenters. The van der Waals surface area contributed by atoms with E-state index in [2.05, 4.69) is 154 Å². The van der Waals surface area contributed by atoms with Crippen molar-refractivity contribution in [3.63, 3.8) is 0 Å². The SMILES string of the molecule is CC/C=C\C/C=C\C/C=C\C/C=C\CCCCC(=O)OCC(COC(=O)CCCCCCCCCCCCCCCC/C=C\C/C=C\C/C=C\CCCCCCC)OC(=O)CCCC/C=C\C/C=C\C/C=C\C/C=C\CC. The van der Waals surface area contributed by atoms with Crippen molar-refractivity contribution in [1.82, 2.24) is 0 Å². The van der Waals surface area contributed by atoms with Gasteiger partial charge in [0.25, 0.3) is 0 Å². The predicted molar refractivity (Wildman–Crippen MR) is 334 cm³/mol. The van der Waals surface area contributed by atoms with E-state index in [4.69, 9.17) is 14.2 Å². The summed E-state index contributed by atoms with van der Waals surface area (Å²) in [5.41, 5.74) is 0. The van der Waals surface area contributed by atoms with E-state index in [9.17, 15) is 14.4 Å². The first-order valence-corrected chi connectivity index (χ1v) is 31.7. The Hall–Kier alpha value is -4.45. The Morgan fingerprint density at radius 2 is 0.506 bits per heavy atom. The van der Waals surface area contributed by atoms with Crippen molar-refractivity contribution in [3.05, 3.63) is 134 Å². The lowest BCUT2D eigenvalue weighted by molar-refractivity contribution is -0.167. The highest BCUT2D eigenvalue weighted by atomic mass is 16.6. The van der Waals surface area contributed by atoms with Gasteiger partial charge in [-0.05, 0) is 135 Å². The number of carbonyl (C=O) groups excluding carboxylic acids is 3. The van der Waals surface area contributed by atoms with Crippen molar-refractivity contribution in [1.29, 1.82) is 0 Å². The molecule has 0 aromatic carbocycles. The van der Waals surface area contributed by atoms with E-state index in [1.807, 2.05) is 0 Å². The molecular formula is C71H116O6. The molecule has 0 bridgehead atoms. The molecule has 0 amide bonds. The van der Waals surface area contributed by atoms with Gasteiger partial charge in [-0.1, -0.05) is 257 Å². The van der Waals surface area contributed by atoms with Gasteiger partial charge in [-0.2, -0.15) is 0 Å². The maximum Gasteiger partial charge on any atom is 0.306 e. The zero-order valence-corrected chi connectivity index (χ0v) is 49.9. The van der Waals surface area contributed by atoms with Gasteiger partial charge in [-0.15, -0.1) is 0 Å². The molecule has 0 aliphatic carbocycles. The summed E-state index contributed by atoms with van der Waals surface area (Å²) in [5, 5.41) is 0. The minimum Gasteiger partial charge on any atom is -0.462 e. The minimum absolute atomic E-state index is 0.112. The van der Waals surface area contributed by atoms with Crippen LogP contribution in [0.15, 0.2) is 134 Å². The van der Waals surface area contributed by atoms with Crippen LogP contribution in [-0.4, -0.2) is 37.2 Å². The third kappa shape index (κ3) is 62.3. The number of unbranched alkanes of at least 4 members (excludes halogenated alkanes) is 23. The summed E-state index contributed by atoms with van der Waals surface area (Å²) in [6.45, 7) is 6.33. The Morgan fingerprint density at radius 3 is 0.818 bits per heavy atom. The molecule has 0 saturated heterocycles. The molecule has 0 fully saturated rings. The van der Waals surface area contributed by atoms with E-state index < -0.39 is 6.10 Å². The quantitative estimate of drug-likeness (QED) is 0.0261. The number of hydrogen-bond donors (Lipinski definition) is 0. The molecule has 436 valence electrons. The largest absolute Gasteiger partial charge is 0.462 e. The molecular weight excluding hydrogens is 949 g/mol. The van der Waals surface area contributed by atoms with E-state index in [0.717, 1.165) is 109 Å². The van der Waals surface area contributed by atoms with Gasteiger partial charge in [0, 0.05) is 19.3 Å². The molecule has 6 heteroatoms. The van der Waals surface area contributed by atoms with Crippen molar-refractivity contribution in [2.45, 2.75) is 284 Å². The summed E-state index contributed by atoms with van der Waals surface area (Å²) in [6, 6.07) is 0. The van der Waals surface area contributed by atoms with Gasteiger partial charge < -0.3 is 14.2 Å². The van der Waals surface area contributed by atoms with Crippen LogP contribution < -0.4 is 0 Å². The molecule has 0 heterocycles. The van der Waals surface area contributed by atoms with Gasteiger partial charge in [0.05, 0.1) is 0 Å². The fourth-order valence-corrected chi connectivity index (χ4v) is 8.43.